The number of hydrogen-bond donors (Lipinski definition) is 2. The van der Waals surface area contributed by atoms with Gasteiger partial charge in [-0.25, -0.2) is 4.79 Å². The van der Waals surface area contributed by atoms with Gasteiger partial charge in [0, 0.05) is 6.54 Å². The maximum absolute atomic E-state index is 12.1. The summed E-state index contributed by atoms with van der Waals surface area (Å²) in [6.45, 7) is 4.64. The van der Waals surface area contributed by atoms with Crippen LogP contribution in [0.2, 0.25) is 0 Å². The Labute approximate surface area is 153 Å². The smallest absolute Gasteiger partial charge is 0.413 e. The van der Waals surface area contributed by atoms with Gasteiger partial charge in [-0.2, -0.15) is 0 Å². The molecule has 144 valence electrons. The van der Waals surface area contributed by atoms with Gasteiger partial charge in [0.1, 0.15) is 5.75 Å². The van der Waals surface area contributed by atoms with Crippen LogP contribution in [0.4, 0.5) is 4.79 Å². The van der Waals surface area contributed by atoms with Crippen LogP contribution < -0.4 is 15.4 Å². The Morgan fingerprint density at radius 3 is 2.42 bits per heavy atom. The lowest BCUT2D eigenvalue weighted by atomic mass is 10.1. The summed E-state index contributed by atoms with van der Waals surface area (Å²) in [6, 6.07) is 7.63. The number of alkyl carbamates (subject to hydrolysis) is 1. The lowest BCUT2D eigenvalue weighted by Crippen LogP contribution is -2.44. The van der Waals surface area contributed by atoms with Crippen LogP contribution >= 0.6 is 0 Å². The van der Waals surface area contributed by atoms with E-state index in [0.29, 0.717) is 19.5 Å². The van der Waals surface area contributed by atoms with E-state index in [0.717, 1.165) is 11.3 Å². The molecule has 0 aliphatic rings. The van der Waals surface area contributed by atoms with Crippen LogP contribution in [0.1, 0.15) is 19.4 Å². The molecule has 0 spiro atoms. The standard InChI is InChI=1S/C18H27N3O5/c1-4-21(13-17(23)20-18(24)26-5-2)12-16(22)19-11-10-14-8-6-7-9-15(14)25-3/h6-9H,4-5,10-13H2,1-3H3,(H,19,22)(H,20,23,24). The van der Waals surface area contributed by atoms with Gasteiger partial charge in [-0.3, -0.25) is 19.8 Å². The maximum atomic E-state index is 12.1. The number of ether oxygens (including phenoxy) is 2. The Morgan fingerprint density at radius 1 is 1.08 bits per heavy atom. The molecule has 0 unspecified atom stereocenters. The van der Waals surface area contributed by atoms with E-state index in [9.17, 15) is 14.4 Å². The zero-order valence-electron chi connectivity index (χ0n) is 15.5. The fraction of sp³-hybridized carbons (Fsp3) is 0.500. The summed E-state index contributed by atoms with van der Waals surface area (Å²) in [6.07, 6.45) is -0.139. The predicted octanol–water partition coefficient (Wildman–Crippen LogP) is 0.949. The van der Waals surface area contributed by atoms with Crippen LogP contribution in [0.15, 0.2) is 24.3 Å². The van der Waals surface area contributed by atoms with Gasteiger partial charge in [0.15, 0.2) is 0 Å². The molecular formula is C18H27N3O5. The molecule has 26 heavy (non-hydrogen) atoms. The van der Waals surface area contributed by atoms with E-state index in [2.05, 4.69) is 15.4 Å². The van der Waals surface area contributed by atoms with E-state index in [1.165, 1.54) is 0 Å². The van der Waals surface area contributed by atoms with Crippen molar-refractivity contribution in [1.29, 1.82) is 0 Å². The third-order valence-corrected chi connectivity index (χ3v) is 3.61. The topological polar surface area (TPSA) is 97.0 Å². The highest BCUT2D eigenvalue weighted by Gasteiger charge is 2.15. The second kappa shape index (κ2) is 11.9. The second-order valence-corrected chi connectivity index (χ2v) is 5.48. The first-order chi connectivity index (χ1) is 12.5. The SMILES string of the molecule is CCOC(=O)NC(=O)CN(CC)CC(=O)NCCc1ccccc1OC. The molecule has 8 heteroatoms. The molecule has 0 fully saturated rings. The number of carbonyl (C=O) groups excluding carboxylic acids is 3. The first-order valence-corrected chi connectivity index (χ1v) is 8.57. The van der Waals surface area contributed by atoms with Crippen LogP contribution in [-0.4, -0.2) is 62.7 Å². The molecule has 0 heterocycles. The van der Waals surface area contributed by atoms with E-state index in [4.69, 9.17) is 4.74 Å². The van der Waals surface area contributed by atoms with Gasteiger partial charge in [-0.05, 0) is 31.5 Å². The van der Waals surface area contributed by atoms with E-state index >= 15 is 0 Å². The minimum Gasteiger partial charge on any atom is -0.496 e. The van der Waals surface area contributed by atoms with Crippen molar-refractivity contribution < 1.29 is 23.9 Å². The lowest BCUT2D eigenvalue weighted by Gasteiger charge is -2.19. The van der Waals surface area contributed by atoms with Crippen LogP contribution in [0.25, 0.3) is 0 Å². The van der Waals surface area contributed by atoms with Crippen LogP contribution in [0, 0.1) is 0 Å². The molecular weight excluding hydrogens is 338 g/mol. The fourth-order valence-electron chi connectivity index (χ4n) is 2.31. The lowest BCUT2D eigenvalue weighted by molar-refractivity contribution is -0.124. The Bertz CT molecular complexity index is 606. The number of nitrogens with one attached hydrogen (secondary N) is 2. The van der Waals surface area contributed by atoms with Crippen molar-refractivity contribution in [3.8, 4) is 5.75 Å². The molecule has 1 rings (SSSR count). The molecule has 0 saturated heterocycles. The number of carbonyl (C=O) groups is 3. The summed E-state index contributed by atoms with van der Waals surface area (Å²) >= 11 is 0. The van der Waals surface area contributed by atoms with Crippen molar-refractivity contribution in [1.82, 2.24) is 15.5 Å². The predicted molar refractivity (Wildman–Crippen MR) is 97.0 cm³/mol. The molecule has 0 radical (unpaired) electrons. The van der Waals surface area contributed by atoms with Gasteiger partial charge in [0.05, 0.1) is 26.8 Å². The molecule has 0 saturated carbocycles. The highest BCUT2D eigenvalue weighted by Crippen LogP contribution is 2.17. The minimum atomic E-state index is -0.783. The maximum Gasteiger partial charge on any atom is 0.413 e. The number of rotatable bonds is 10. The third-order valence-electron chi connectivity index (χ3n) is 3.61. The van der Waals surface area contributed by atoms with Gasteiger partial charge in [0.2, 0.25) is 11.8 Å². The molecule has 0 bridgehead atoms. The number of nitrogens with zero attached hydrogens (tertiary/aromatic N) is 1. The largest absolute Gasteiger partial charge is 0.496 e. The average Bonchev–Trinajstić information content (AvgIpc) is 2.61. The number of methoxy groups -OCH3 is 1. The van der Waals surface area contributed by atoms with Crippen LogP contribution in [0.5, 0.6) is 5.75 Å². The van der Waals surface area contributed by atoms with E-state index < -0.39 is 12.0 Å². The van der Waals surface area contributed by atoms with E-state index in [1.807, 2.05) is 31.2 Å². The van der Waals surface area contributed by atoms with Crippen molar-refractivity contribution in [3.05, 3.63) is 29.8 Å². The van der Waals surface area contributed by atoms with Gasteiger partial charge in [-0.15, -0.1) is 0 Å². The summed E-state index contributed by atoms with van der Waals surface area (Å²) in [5.74, 6) is 0.0883. The number of para-hydroxylation sites is 1. The molecule has 3 amide bonds. The summed E-state index contributed by atoms with van der Waals surface area (Å²) < 4.78 is 9.92. The second-order valence-electron chi connectivity index (χ2n) is 5.48. The minimum absolute atomic E-state index is 0.0603. The summed E-state index contributed by atoms with van der Waals surface area (Å²) in [5.41, 5.74) is 1.01. The molecule has 0 aliphatic heterocycles. The monoisotopic (exact) mass is 365 g/mol. The first-order valence-electron chi connectivity index (χ1n) is 8.57. The molecule has 1 aromatic rings. The molecule has 1 aromatic carbocycles. The zero-order chi connectivity index (χ0) is 19.4. The zero-order valence-corrected chi connectivity index (χ0v) is 15.5. The van der Waals surface area contributed by atoms with E-state index in [-0.39, 0.29) is 25.6 Å². The molecule has 0 aliphatic carbocycles. The Kier molecular flexibility index (Phi) is 9.78. The molecule has 0 atom stereocenters. The number of imide groups is 1. The number of likely N-dealkylation sites (N-methyl/N-ethyl adjacent to an activating group) is 1. The van der Waals surface area contributed by atoms with Crippen molar-refractivity contribution in [2.24, 2.45) is 0 Å². The molecule has 0 aromatic heterocycles. The normalized spacial score (nSPS) is 10.3. The van der Waals surface area contributed by atoms with Crippen LogP contribution in [0.3, 0.4) is 0 Å². The number of amides is 3. The molecule has 2 N–H and O–H groups in total. The van der Waals surface area contributed by atoms with Crippen molar-refractivity contribution in [3.63, 3.8) is 0 Å². The highest BCUT2D eigenvalue weighted by atomic mass is 16.5. The first kappa shape index (κ1) is 21.4. The van der Waals surface area contributed by atoms with Gasteiger partial charge in [0.25, 0.3) is 0 Å². The van der Waals surface area contributed by atoms with Gasteiger partial charge in [-0.1, -0.05) is 25.1 Å². The average molecular weight is 365 g/mol. The molecule has 8 nitrogen and oxygen atoms in total. The number of benzene rings is 1. The Hall–Kier alpha value is -2.61. The quantitative estimate of drug-likeness (QED) is 0.641. The van der Waals surface area contributed by atoms with Crippen molar-refractivity contribution in [2.75, 3.05) is 39.9 Å². The van der Waals surface area contributed by atoms with Crippen molar-refractivity contribution in [2.45, 2.75) is 20.3 Å². The Morgan fingerprint density at radius 2 is 1.77 bits per heavy atom. The summed E-state index contributed by atoms with van der Waals surface area (Å²) in [4.78, 5) is 36.6. The summed E-state index contributed by atoms with van der Waals surface area (Å²) in [7, 11) is 1.61. The third kappa shape index (κ3) is 7.98. The van der Waals surface area contributed by atoms with Gasteiger partial charge < -0.3 is 14.8 Å². The Balaban J connectivity index is 2.37. The highest BCUT2D eigenvalue weighted by molar-refractivity contribution is 5.93. The van der Waals surface area contributed by atoms with Crippen LogP contribution in [-0.2, 0) is 20.7 Å². The van der Waals surface area contributed by atoms with Gasteiger partial charge >= 0.3 is 6.09 Å². The van der Waals surface area contributed by atoms with Crippen molar-refractivity contribution >= 4 is 17.9 Å². The van der Waals surface area contributed by atoms with E-state index in [1.54, 1.807) is 18.9 Å². The number of hydrogen-bond acceptors (Lipinski definition) is 6. The summed E-state index contributed by atoms with van der Waals surface area (Å²) in [5, 5.41) is 4.93. The fourth-order valence-corrected chi connectivity index (χ4v) is 2.31.